The van der Waals surface area contributed by atoms with E-state index in [4.69, 9.17) is 0 Å². The molecule has 0 radical (unpaired) electrons. The molecule has 0 bridgehead atoms. The minimum absolute atomic E-state index is 0.0661. The third-order valence-corrected chi connectivity index (χ3v) is 4.06. The highest BCUT2D eigenvalue weighted by molar-refractivity contribution is 9.10. The SMILES string of the molecule is CC(C)C(Br)C(=O)Nc1ccc(-n2cccn2)nc1. The number of alkyl halides is 1. The molecule has 19 heavy (non-hydrogen) atoms. The number of carbonyl (C=O) groups is 1. The molecule has 2 aromatic rings. The van der Waals surface area contributed by atoms with Crippen LogP contribution in [-0.2, 0) is 4.79 Å². The Balaban J connectivity index is 2.05. The zero-order chi connectivity index (χ0) is 13.8. The first kappa shape index (κ1) is 13.7. The predicted octanol–water partition coefficient (Wildman–Crippen LogP) is 2.63. The molecule has 0 spiro atoms. The van der Waals surface area contributed by atoms with Crippen molar-refractivity contribution in [3.63, 3.8) is 0 Å². The van der Waals surface area contributed by atoms with Crippen LogP contribution in [0.25, 0.3) is 5.82 Å². The Morgan fingerprint density at radius 1 is 1.42 bits per heavy atom. The smallest absolute Gasteiger partial charge is 0.238 e. The fourth-order valence-corrected chi connectivity index (χ4v) is 1.63. The number of nitrogens with one attached hydrogen (secondary N) is 1. The van der Waals surface area contributed by atoms with Crippen molar-refractivity contribution in [1.82, 2.24) is 14.8 Å². The number of hydrogen-bond acceptors (Lipinski definition) is 3. The van der Waals surface area contributed by atoms with Gasteiger partial charge in [0.15, 0.2) is 5.82 Å². The van der Waals surface area contributed by atoms with E-state index in [1.54, 1.807) is 23.1 Å². The maximum Gasteiger partial charge on any atom is 0.238 e. The first-order valence-electron chi connectivity index (χ1n) is 5.99. The number of carbonyl (C=O) groups excluding carboxylic acids is 1. The third-order valence-electron chi connectivity index (χ3n) is 2.59. The van der Waals surface area contributed by atoms with E-state index in [9.17, 15) is 4.79 Å². The van der Waals surface area contributed by atoms with Gasteiger partial charge in [-0.05, 0) is 24.1 Å². The summed E-state index contributed by atoms with van der Waals surface area (Å²) < 4.78 is 1.66. The van der Waals surface area contributed by atoms with E-state index in [0.29, 0.717) is 11.5 Å². The van der Waals surface area contributed by atoms with Crippen molar-refractivity contribution in [3.05, 3.63) is 36.8 Å². The van der Waals surface area contributed by atoms with Crippen LogP contribution in [0.15, 0.2) is 36.8 Å². The lowest BCUT2D eigenvalue weighted by Crippen LogP contribution is -2.27. The van der Waals surface area contributed by atoms with Gasteiger partial charge in [-0.15, -0.1) is 0 Å². The fraction of sp³-hybridized carbons (Fsp3) is 0.308. The van der Waals surface area contributed by atoms with Gasteiger partial charge in [0.1, 0.15) is 0 Å². The van der Waals surface area contributed by atoms with Gasteiger partial charge in [0, 0.05) is 12.4 Å². The predicted molar refractivity (Wildman–Crippen MR) is 77.5 cm³/mol. The molecule has 100 valence electrons. The van der Waals surface area contributed by atoms with Crippen LogP contribution in [-0.4, -0.2) is 25.5 Å². The maximum absolute atomic E-state index is 11.9. The minimum atomic E-state index is -0.210. The number of amides is 1. The fourth-order valence-electron chi connectivity index (χ4n) is 1.51. The number of pyridine rings is 1. The molecule has 0 saturated carbocycles. The largest absolute Gasteiger partial charge is 0.324 e. The second kappa shape index (κ2) is 5.97. The second-order valence-corrected chi connectivity index (χ2v) is 5.48. The highest BCUT2D eigenvalue weighted by Crippen LogP contribution is 2.15. The van der Waals surface area contributed by atoms with Gasteiger partial charge in [-0.1, -0.05) is 29.8 Å². The number of rotatable bonds is 4. The zero-order valence-corrected chi connectivity index (χ0v) is 12.3. The highest BCUT2D eigenvalue weighted by Gasteiger charge is 2.18. The van der Waals surface area contributed by atoms with Gasteiger partial charge in [-0.2, -0.15) is 5.10 Å². The Hall–Kier alpha value is -1.69. The number of halogens is 1. The summed E-state index contributed by atoms with van der Waals surface area (Å²) in [4.78, 5) is 15.9. The third kappa shape index (κ3) is 3.41. The highest BCUT2D eigenvalue weighted by atomic mass is 79.9. The number of anilines is 1. The van der Waals surface area contributed by atoms with E-state index in [2.05, 4.69) is 31.3 Å². The summed E-state index contributed by atoms with van der Waals surface area (Å²) >= 11 is 3.36. The van der Waals surface area contributed by atoms with Crippen LogP contribution in [0, 0.1) is 5.92 Å². The van der Waals surface area contributed by atoms with Crippen LogP contribution in [0.5, 0.6) is 0 Å². The van der Waals surface area contributed by atoms with Gasteiger partial charge in [-0.3, -0.25) is 4.79 Å². The zero-order valence-electron chi connectivity index (χ0n) is 10.7. The van der Waals surface area contributed by atoms with Gasteiger partial charge < -0.3 is 5.32 Å². The van der Waals surface area contributed by atoms with Crippen molar-refractivity contribution in [2.45, 2.75) is 18.7 Å². The quantitative estimate of drug-likeness (QED) is 0.880. The minimum Gasteiger partial charge on any atom is -0.324 e. The molecular weight excluding hydrogens is 308 g/mol. The molecule has 6 heteroatoms. The van der Waals surface area contributed by atoms with E-state index >= 15 is 0 Å². The average Bonchev–Trinajstić information content (AvgIpc) is 2.92. The lowest BCUT2D eigenvalue weighted by molar-refractivity contribution is -0.116. The van der Waals surface area contributed by atoms with Crippen LogP contribution < -0.4 is 5.32 Å². The topological polar surface area (TPSA) is 59.8 Å². The Morgan fingerprint density at radius 2 is 2.21 bits per heavy atom. The van der Waals surface area contributed by atoms with Crippen molar-refractivity contribution in [2.24, 2.45) is 5.92 Å². The van der Waals surface area contributed by atoms with E-state index < -0.39 is 0 Å². The molecule has 0 aliphatic carbocycles. The molecule has 2 aromatic heterocycles. The van der Waals surface area contributed by atoms with E-state index in [0.717, 1.165) is 0 Å². The van der Waals surface area contributed by atoms with Crippen LogP contribution in [0.4, 0.5) is 5.69 Å². The second-order valence-electron chi connectivity index (χ2n) is 4.49. The summed E-state index contributed by atoms with van der Waals surface area (Å²) in [6.45, 7) is 3.97. The first-order valence-corrected chi connectivity index (χ1v) is 6.90. The van der Waals surface area contributed by atoms with Gasteiger partial charge in [0.2, 0.25) is 5.91 Å². The first-order chi connectivity index (χ1) is 9.08. The molecule has 1 N–H and O–H groups in total. The summed E-state index contributed by atoms with van der Waals surface area (Å²) in [6.07, 6.45) is 5.12. The van der Waals surface area contributed by atoms with E-state index in [1.807, 2.05) is 32.2 Å². The molecule has 1 amide bonds. The molecule has 0 aliphatic heterocycles. The molecule has 5 nitrogen and oxygen atoms in total. The summed E-state index contributed by atoms with van der Waals surface area (Å²) in [5, 5.41) is 6.91. The van der Waals surface area contributed by atoms with E-state index in [-0.39, 0.29) is 16.7 Å². The summed E-state index contributed by atoms with van der Waals surface area (Å²) in [5.41, 5.74) is 0.672. The van der Waals surface area contributed by atoms with Crippen molar-refractivity contribution in [2.75, 3.05) is 5.32 Å². The molecule has 0 fully saturated rings. The number of hydrogen-bond donors (Lipinski definition) is 1. The standard InChI is InChI=1S/C13H15BrN4O/c1-9(2)12(14)13(19)17-10-4-5-11(15-8-10)18-7-3-6-16-18/h3-9,12H,1-2H3,(H,17,19). The van der Waals surface area contributed by atoms with Gasteiger partial charge in [-0.25, -0.2) is 9.67 Å². The lowest BCUT2D eigenvalue weighted by Gasteiger charge is -2.13. The molecule has 1 atom stereocenters. The van der Waals surface area contributed by atoms with Gasteiger partial charge in [0.05, 0.1) is 16.7 Å². The maximum atomic E-state index is 11.9. The lowest BCUT2D eigenvalue weighted by atomic mass is 10.1. The number of nitrogens with zero attached hydrogens (tertiary/aromatic N) is 3. The molecule has 1 unspecified atom stereocenters. The Kier molecular flexibility index (Phi) is 4.31. The Morgan fingerprint density at radius 3 is 2.74 bits per heavy atom. The van der Waals surface area contributed by atoms with Crippen molar-refractivity contribution >= 4 is 27.5 Å². The van der Waals surface area contributed by atoms with Crippen LogP contribution in [0.3, 0.4) is 0 Å². The van der Waals surface area contributed by atoms with Crippen molar-refractivity contribution < 1.29 is 4.79 Å². The molecule has 2 rings (SSSR count). The van der Waals surface area contributed by atoms with Crippen molar-refractivity contribution in [3.8, 4) is 5.82 Å². The van der Waals surface area contributed by atoms with Crippen LogP contribution >= 0.6 is 15.9 Å². The summed E-state index contributed by atoms with van der Waals surface area (Å²) in [6, 6.07) is 5.44. The molecule has 0 aliphatic rings. The van der Waals surface area contributed by atoms with Gasteiger partial charge in [0.25, 0.3) is 0 Å². The monoisotopic (exact) mass is 322 g/mol. The summed E-state index contributed by atoms with van der Waals surface area (Å²) in [5.74, 6) is 0.877. The van der Waals surface area contributed by atoms with Gasteiger partial charge >= 0.3 is 0 Å². The van der Waals surface area contributed by atoms with Crippen LogP contribution in [0.2, 0.25) is 0 Å². The summed E-state index contributed by atoms with van der Waals surface area (Å²) in [7, 11) is 0. The molecule has 0 saturated heterocycles. The normalized spacial score (nSPS) is 12.4. The Bertz CT molecular complexity index is 536. The molecular formula is C13H15BrN4O. The van der Waals surface area contributed by atoms with Crippen molar-refractivity contribution in [1.29, 1.82) is 0 Å². The molecule has 2 heterocycles. The van der Waals surface area contributed by atoms with Crippen LogP contribution in [0.1, 0.15) is 13.8 Å². The number of aromatic nitrogens is 3. The van der Waals surface area contributed by atoms with E-state index in [1.165, 1.54) is 0 Å². The molecule has 0 aromatic carbocycles. The Labute approximate surface area is 120 Å². The average molecular weight is 323 g/mol.